The van der Waals surface area contributed by atoms with E-state index in [1.54, 1.807) is 44.6 Å². The van der Waals surface area contributed by atoms with Gasteiger partial charge in [0.1, 0.15) is 11.6 Å². The highest BCUT2D eigenvalue weighted by Crippen LogP contribution is 2.21. The molecule has 1 aromatic heterocycles. The Balaban J connectivity index is 1.61. The molecule has 0 atom stereocenters. The van der Waals surface area contributed by atoms with Gasteiger partial charge < -0.3 is 20.4 Å². The van der Waals surface area contributed by atoms with Crippen LogP contribution >= 0.6 is 0 Å². The van der Waals surface area contributed by atoms with E-state index >= 15 is 0 Å². The number of carbonyl (C=O) groups excluding carboxylic acids is 1. The van der Waals surface area contributed by atoms with E-state index in [9.17, 15) is 9.18 Å². The standard InChI is InChI=1S/C18H23FN6O/c1-24(2)18(26)21-13-8-11-25(12-9-13)17-20-10-7-16(23-17)22-15-6-4-3-5-14(15)19/h3-7,10,13H,8-9,11-12H2,1-2H3,(H,21,26)(H,20,22,23). The minimum Gasteiger partial charge on any atom is -0.341 e. The quantitative estimate of drug-likeness (QED) is 0.879. The van der Waals surface area contributed by atoms with Gasteiger partial charge >= 0.3 is 6.03 Å². The maximum absolute atomic E-state index is 13.8. The molecule has 0 radical (unpaired) electrons. The van der Waals surface area contributed by atoms with Crippen LogP contribution in [0, 0.1) is 5.82 Å². The number of nitrogens with one attached hydrogen (secondary N) is 2. The normalized spacial score (nSPS) is 14.8. The van der Waals surface area contributed by atoms with Crippen molar-refractivity contribution in [3.63, 3.8) is 0 Å². The zero-order chi connectivity index (χ0) is 18.5. The highest BCUT2D eigenvalue weighted by atomic mass is 19.1. The molecule has 0 saturated carbocycles. The SMILES string of the molecule is CN(C)C(=O)NC1CCN(c2nccc(Nc3ccccc3F)n2)CC1. The van der Waals surface area contributed by atoms with Crippen LogP contribution in [0.5, 0.6) is 0 Å². The molecule has 2 N–H and O–H groups in total. The molecule has 2 amide bonds. The number of para-hydroxylation sites is 1. The summed E-state index contributed by atoms with van der Waals surface area (Å²) >= 11 is 0. The van der Waals surface area contributed by atoms with Crippen LogP contribution in [-0.2, 0) is 0 Å². The molecule has 8 heteroatoms. The topological polar surface area (TPSA) is 73.4 Å². The summed E-state index contributed by atoms with van der Waals surface area (Å²) in [5.74, 6) is 0.817. The highest BCUT2D eigenvalue weighted by Gasteiger charge is 2.22. The van der Waals surface area contributed by atoms with Crippen LogP contribution in [0.1, 0.15) is 12.8 Å². The molecule has 138 valence electrons. The summed E-state index contributed by atoms with van der Waals surface area (Å²) in [6.07, 6.45) is 3.31. The first-order valence-electron chi connectivity index (χ1n) is 8.60. The van der Waals surface area contributed by atoms with E-state index in [1.807, 2.05) is 0 Å². The van der Waals surface area contributed by atoms with E-state index < -0.39 is 0 Å². The third kappa shape index (κ3) is 4.38. The molecule has 1 aromatic carbocycles. The molecule has 3 rings (SSSR count). The Morgan fingerprint density at radius 2 is 1.96 bits per heavy atom. The smallest absolute Gasteiger partial charge is 0.317 e. The summed E-state index contributed by atoms with van der Waals surface area (Å²) in [6, 6.07) is 8.26. The maximum atomic E-state index is 13.8. The first-order chi connectivity index (χ1) is 12.5. The lowest BCUT2D eigenvalue weighted by Gasteiger charge is -2.33. The van der Waals surface area contributed by atoms with E-state index in [1.165, 1.54) is 11.0 Å². The Hall–Kier alpha value is -2.90. The minimum atomic E-state index is -0.329. The van der Waals surface area contributed by atoms with E-state index in [4.69, 9.17) is 0 Å². The molecule has 1 aliphatic rings. The fraction of sp³-hybridized carbons (Fsp3) is 0.389. The number of urea groups is 1. The van der Waals surface area contributed by atoms with Gasteiger partial charge in [-0.3, -0.25) is 0 Å². The summed E-state index contributed by atoms with van der Waals surface area (Å²) in [7, 11) is 3.46. The van der Waals surface area contributed by atoms with Gasteiger partial charge in [0.05, 0.1) is 5.69 Å². The molecular formula is C18H23FN6O. The lowest BCUT2D eigenvalue weighted by Crippen LogP contribution is -2.47. The molecule has 0 aliphatic carbocycles. The van der Waals surface area contributed by atoms with Crippen molar-refractivity contribution < 1.29 is 9.18 Å². The first kappa shape index (κ1) is 17.9. The molecule has 7 nitrogen and oxygen atoms in total. The van der Waals surface area contributed by atoms with Gasteiger partial charge in [0, 0.05) is 39.4 Å². The molecule has 0 spiro atoms. The second kappa shape index (κ2) is 7.99. The Kier molecular flexibility index (Phi) is 5.50. The maximum Gasteiger partial charge on any atom is 0.317 e. The molecular weight excluding hydrogens is 335 g/mol. The van der Waals surface area contributed by atoms with Gasteiger partial charge in [-0.2, -0.15) is 4.98 Å². The fourth-order valence-electron chi connectivity index (χ4n) is 2.80. The van der Waals surface area contributed by atoms with Crippen LogP contribution in [0.3, 0.4) is 0 Å². The Labute approximate surface area is 152 Å². The van der Waals surface area contributed by atoms with Crippen LogP contribution in [0.4, 0.5) is 26.6 Å². The molecule has 0 unspecified atom stereocenters. The zero-order valence-electron chi connectivity index (χ0n) is 14.9. The van der Waals surface area contributed by atoms with Crippen molar-refractivity contribution in [1.82, 2.24) is 20.2 Å². The third-order valence-corrected chi connectivity index (χ3v) is 4.29. The van der Waals surface area contributed by atoms with Gasteiger partial charge in [-0.05, 0) is 31.0 Å². The van der Waals surface area contributed by atoms with Gasteiger partial charge in [-0.25, -0.2) is 14.2 Å². The van der Waals surface area contributed by atoms with Crippen molar-refractivity contribution in [1.29, 1.82) is 0 Å². The van der Waals surface area contributed by atoms with Crippen LogP contribution < -0.4 is 15.5 Å². The summed E-state index contributed by atoms with van der Waals surface area (Å²) in [4.78, 5) is 24.2. The van der Waals surface area contributed by atoms with Crippen molar-refractivity contribution in [2.24, 2.45) is 0 Å². The van der Waals surface area contributed by atoms with Crippen LogP contribution in [0.25, 0.3) is 0 Å². The first-order valence-corrected chi connectivity index (χ1v) is 8.60. The van der Waals surface area contributed by atoms with Crippen molar-refractivity contribution in [2.75, 3.05) is 37.4 Å². The monoisotopic (exact) mass is 358 g/mol. The second-order valence-electron chi connectivity index (χ2n) is 6.45. The number of aromatic nitrogens is 2. The third-order valence-electron chi connectivity index (χ3n) is 4.29. The number of carbonyl (C=O) groups is 1. The van der Waals surface area contributed by atoms with Gasteiger partial charge in [-0.1, -0.05) is 12.1 Å². The van der Waals surface area contributed by atoms with Crippen molar-refractivity contribution in [3.8, 4) is 0 Å². The fourth-order valence-corrected chi connectivity index (χ4v) is 2.80. The van der Waals surface area contributed by atoms with Gasteiger partial charge in [0.2, 0.25) is 5.95 Å². The number of halogens is 1. The van der Waals surface area contributed by atoms with E-state index in [0.29, 0.717) is 17.5 Å². The number of nitrogens with zero attached hydrogens (tertiary/aromatic N) is 4. The molecule has 1 saturated heterocycles. The lowest BCUT2D eigenvalue weighted by atomic mass is 10.1. The number of benzene rings is 1. The van der Waals surface area contributed by atoms with E-state index in [-0.39, 0.29) is 17.9 Å². The number of piperidine rings is 1. The highest BCUT2D eigenvalue weighted by molar-refractivity contribution is 5.73. The molecule has 0 bridgehead atoms. The number of hydrogen-bond acceptors (Lipinski definition) is 5. The Morgan fingerprint density at radius 3 is 2.65 bits per heavy atom. The second-order valence-corrected chi connectivity index (χ2v) is 6.45. The van der Waals surface area contributed by atoms with Crippen LogP contribution in [0.15, 0.2) is 36.5 Å². The summed E-state index contributed by atoms with van der Waals surface area (Å²) in [5, 5.41) is 5.99. The summed E-state index contributed by atoms with van der Waals surface area (Å²) in [6.45, 7) is 1.50. The van der Waals surface area contributed by atoms with E-state index in [2.05, 4.69) is 25.5 Å². The van der Waals surface area contributed by atoms with Gasteiger partial charge in [0.25, 0.3) is 0 Å². The molecule has 2 heterocycles. The van der Waals surface area contributed by atoms with Gasteiger partial charge in [0.15, 0.2) is 0 Å². The lowest BCUT2D eigenvalue weighted by molar-refractivity contribution is 0.210. The number of amides is 2. The molecule has 1 fully saturated rings. The molecule has 26 heavy (non-hydrogen) atoms. The summed E-state index contributed by atoms with van der Waals surface area (Å²) in [5.41, 5.74) is 0.377. The Morgan fingerprint density at radius 1 is 1.23 bits per heavy atom. The number of rotatable bonds is 4. The van der Waals surface area contributed by atoms with Crippen LogP contribution in [-0.4, -0.2) is 54.1 Å². The molecule has 1 aliphatic heterocycles. The van der Waals surface area contributed by atoms with Crippen molar-refractivity contribution >= 4 is 23.5 Å². The Bertz CT molecular complexity index is 761. The summed E-state index contributed by atoms with van der Waals surface area (Å²) < 4.78 is 13.8. The van der Waals surface area contributed by atoms with Crippen molar-refractivity contribution in [2.45, 2.75) is 18.9 Å². The predicted octanol–water partition coefficient (Wildman–Crippen LogP) is 2.60. The van der Waals surface area contributed by atoms with Gasteiger partial charge in [-0.15, -0.1) is 0 Å². The molecule has 2 aromatic rings. The number of anilines is 3. The van der Waals surface area contributed by atoms with Crippen LogP contribution in [0.2, 0.25) is 0 Å². The minimum absolute atomic E-state index is 0.0733. The average Bonchev–Trinajstić information content (AvgIpc) is 2.64. The van der Waals surface area contributed by atoms with E-state index in [0.717, 1.165) is 25.9 Å². The predicted molar refractivity (Wildman–Crippen MR) is 99.2 cm³/mol. The van der Waals surface area contributed by atoms with Crippen molar-refractivity contribution in [3.05, 3.63) is 42.3 Å². The zero-order valence-corrected chi connectivity index (χ0v) is 14.9. The average molecular weight is 358 g/mol. The number of hydrogen-bond donors (Lipinski definition) is 2. The largest absolute Gasteiger partial charge is 0.341 e.